The van der Waals surface area contributed by atoms with Gasteiger partial charge in [0.15, 0.2) is 0 Å². The molecule has 0 amide bonds. The summed E-state index contributed by atoms with van der Waals surface area (Å²) in [6.45, 7) is 6.53. The molecule has 0 radical (unpaired) electrons. The van der Waals surface area contributed by atoms with Gasteiger partial charge in [0.1, 0.15) is 5.01 Å². The molecule has 0 aromatic carbocycles. The molecule has 0 spiro atoms. The van der Waals surface area contributed by atoms with Gasteiger partial charge in [0.25, 0.3) is 0 Å². The predicted octanol–water partition coefficient (Wildman–Crippen LogP) is 2.76. The van der Waals surface area contributed by atoms with E-state index < -0.39 is 0 Å². The quantitative estimate of drug-likeness (QED) is 0.804. The lowest BCUT2D eigenvalue weighted by Gasteiger charge is -2.15. The molecule has 0 fully saturated rings. The van der Waals surface area contributed by atoms with Crippen LogP contribution in [0.25, 0.3) is 0 Å². The molecule has 3 heteroatoms. The Bertz CT molecular complexity index is 255. The van der Waals surface area contributed by atoms with E-state index in [2.05, 4.69) is 29.5 Å². The van der Waals surface area contributed by atoms with Crippen molar-refractivity contribution in [2.45, 2.75) is 33.2 Å². The van der Waals surface area contributed by atoms with Crippen LogP contribution in [0.5, 0.6) is 0 Å². The summed E-state index contributed by atoms with van der Waals surface area (Å²) in [5.74, 6) is 0.710. The van der Waals surface area contributed by atoms with Crippen LogP contribution in [0.3, 0.4) is 0 Å². The van der Waals surface area contributed by atoms with Crippen molar-refractivity contribution in [3.63, 3.8) is 0 Å². The highest BCUT2D eigenvalue weighted by atomic mass is 32.1. The summed E-state index contributed by atoms with van der Waals surface area (Å²) in [5.41, 5.74) is 1.13. The Morgan fingerprint density at radius 2 is 2.23 bits per heavy atom. The molecule has 74 valence electrons. The van der Waals surface area contributed by atoms with Gasteiger partial charge in [-0.1, -0.05) is 13.8 Å². The molecule has 0 aliphatic carbocycles. The number of aryl methyl sites for hydroxylation is 1. The fraction of sp³-hybridized carbons (Fsp3) is 0.700. The van der Waals surface area contributed by atoms with Gasteiger partial charge in [0.05, 0.1) is 6.04 Å². The third-order valence-corrected chi connectivity index (χ3v) is 3.07. The maximum atomic E-state index is 4.49. The summed E-state index contributed by atoms with van der Waals surface area (Å²) >= 11 is 1.75. The van der Waals surface area contributed by atoms with Crippen molar-refractivity contribution in [1.82, 2.24) is 10.3 Å². The zero-order valence-corrected chi connectivity index (χ0v) is 9.61. The highest BCUT2D eigenvalue weighted by Crippen LogP contribution is 2.23. The largest absolute Gasteiger partial charge is 0.311 e. The minimum Gasteiger partial charge on any atom is -0.311 e. The third-order valence-electron chi connectivity index (χ3n) is 1.99. The second kappa shape index (κ2) is 4.72. The second-order valence-electron chi connectivity index (χ2n) is 3.80. The van der Waals surface area contributed by atoms with Crippen LogP contribution >= 0.6 is 11.3 Å². The van der Waals surface area contributed by atoms with Gasteiger partial charge < -0.3 is 5.32 Å². The lowest BCUT2D eigenvalue weighted by Crippen LogP contribution is -2.18. The van der Waals surface area contributed by atoms with Crippen molar-refractivity contribution < 1.29 is 0 Å². The van der Waals surface area contributed by atoms with Gasteiger partial charge >= 0.3 is 0 Å². The molecule has 1 rings (SSSR count). The van der Waals surface area contributed by atoms with Crippen molar-refractivity contribution in [3.05, 3.63) is 16.1 Å². The molecular formula is C10H18N2S. The van der Waals surface area contributed by atoms with E-state index in [4.69, 9.17) is 0 Å². The molecule has 1 aromatic rings. The van der Waals surface area contributed by atoms with Crippen LogP contribution in [-0.2, 0) is 0 Å². The summed E-state index contributed by atoms with van der Waals surface area (Å²) in [7, 11) is 2.00. The smallest absolute Gasteiger partial charge is 0.110 e. The molecule has 0 saturated carbocycles. The molecule has 0 bridgehead atoms. The van der Waals surface area contributed by atoms with E-state index in [9.17, 15) is 0 Å². The van der Waals surface area contributed by atoms with Crippen molar-refractivity contribution in [2.24, 2.45) is 5.92 Å². The van der Waals surface area contributed by atoms with Gasteiger partial charge in [0, 0.05) is 11.1 Å². The molecule has 0 saturated heterocycles. The molecule has 13 heavy (non-hydrogen) atoms. The lowest BCUT2D eigenvalue weighted by atomic mass is 10.0. The van der Waals surface area contributed by atoms with E-state index in [-0.39, 0.29) is 0 Å². The Balaban J connectivity index is 2.66. The Morgan fingerprint density at radius 1 is 1.54 bits per heavy atom. The van der Waals surface area contributed by atoms with E-state index >= 15 is 0 Å². The van der Waals surface area contributed by atoms with Crippen LogP contribution in [0.1, 0.15) is 37.0 Å². The summed E-state index contributed by atoms with van der Waals surface area (Å²) in [6, 6.07) is 0.429. The Hall–Kier alpha value is -0.410. The number of hydrogen-bond donors (Lipinski definition) is 1. The summed E-state index contributed by atoms with van der Waals surface area (Å²) < 4.78 is 0. The minimum absolute atomic E-state index is 0.429. The average molecular weight is 198 g/mol. The monoisotopic (exact) mass is 198 g/mol. The van der Waals surface area contributed by atoms with Crippen molar-refractivity contribution >= 4 is 11.3 Å². The van der Waals surface area contributed by atoms with E-state index in [1.54, 1.807) is 11.3 Å². The first-order chi connectivity index (χ1) is 6.13. The fourth-order valence-corrected chi connectivity index (χ4v) is 2.26. The van der Waals surface area contributed by atoms with E-state index in [1.807, 2.05) is 14.0 Å². The van der Waals surface area contributed by atoms with Gasteiger partial charge in [-0.3, -0.25) is 0 Å². The number of nitrogens with one attached hydrogen (secondary N) is 1. The zero-order valence-electron chi connectivity index (χ0n) is 8.79. The van der Waals surface area contributed by atoms with Gasteiger partial charge in [-0.15, -0.1) is 11.3 Å². The number of hydrogen-bond acceptors (Lipinski definition) is 3. The molecule has 1 unspecified atom stereocenters. The Morgan fingerprint density at radius 3 is 2.62 bits per heavy atom. The predicted molar refractivity (Wildman–Crippen MR) is 58.1 cm³/mol. The fourth-order valence-electron chi connectivity index (χ4n) is 1.35. The normalized spacial score (nSPS) is 13.6. The second-order valence-corrected chi connectivity index (χ2v) is 4.69. The molecule has 1 aromatic heterocycles. The molecular weight excluding hydrogens is 180 g/mol. The maximum absolute atomic E-state index is 4.49. The number of aromatic nitrogens is 1. The first kappa shape index (κ1) is 10.7. The molecule has 2 nitrogen and oxygen atoms in total. The SMILES string of the molecule is CNC(CC(C)C)c1nc(C)cs1. The van der Waals surface area contributed by atoms with Gasteiger partial charge in [0.2, 0.25) is 0 Å². The summed E-state index contributed by atoms with van der Waals surface area (Å²) in [6.07, 6.45) is 1.16. The van der Waals surface area contributed by atoms with Crippen LogP contribution < -0.4 is 5.32 Å². The van der Waals surface area contributed by atoms with Gasteiger partial charge in [-0.25, -0.2) is 4.98 Å². The number of rotatable bonds is 4. The van der Waals surface area contributed by atoms with Crippen molar-refractivity contribution in [1.29, 1.82) is 0 Å². The van der Waals surface area contributed by atoms with E-state index in [0.29, 0.717) is 12.0 Å². The summed E-state index contributed by atoms with van der Waals surface area (Å²) in [4.78, 5) is 4.49. The molecule has 1 heterocycles. The van der Waals surface area contributed by atoms with Crippen LogP contribution in [-0.4, -0.2) is 12.0 Å². The lowest BCUT2D eigenvalue weighted by molar-refractivity contribution is 0.455. The number of nitrogens with zero attached hydrogens (tertiary/aromatic N) is 1. The topological polar surface area (TPSA) is 24.9 Å². The third kappa shape index (κ3) is 3.08. The van der Waals surface area contributed by atoms with E-state index in [0.717, 1.165) is 12.1 Å². The molecule has 0 aliphatic heterocycles. The first-order valence-electron chi connectivity index (χ1n) is 4.72. The highest BCUT2D eigenvalue weighted by Gasteiger charge is 2.13. The first-order valence-corrected chi connectivity index (χ1v) is 5.60. The highest BCUT2D eigenvalue weighted by molar-refractivity contribution is 7.09. The van der Waals surface area contributed by atoms with Crippen LogP contribution in [0, 0.1) is 12.8 Å². The maximum Gasteiger partial charge on any atom is 0.110 e. The van der Waals surface area contributed by atoms with Gasteiger partial charge in [-0.2, -0.15) is 0 Å². The van der Waals surface area contributed by atoms with Crippen LogP contribution in [0.15, 0.2) is 5.38 Å². The van der Waals surface area contributed by atoms with Crippen LogP contribution in [0.4, 0.5) is 0 Å². The number of thiazole rings is 1. The Kier molecular flexibility index (Phi) is 3.88. The zero-order chi connectivity index (χ0) is 9.84. The van der Waals surface area contributed by atoms with Crippen molar-refractivity contribution in [3.8, 4) is 0 Å². The van der Waals surface area contributed by atoms with Crippen LogP contribution in [0.2, 0.25) is 0 Å². The Labute approximate surface area is 84.4 Å². The summed E-state index contributed by atoms with van der Waals surface area (Å²) in [5, 5.41) is 6.64. The molecule has 0 aliphatic rings. The van der Waals surface area contributed by atoms with Crippen molar-refractivity contribution in [2.75, 3.05) is 7.05 Å². The molecule has 1 N–H and O–H groups in total. The van der Waals surface area contributed by atoms with E-state index in [1.165, 1.54) is 5.01 Å². The minimum atomic E-state index is 0.429. The molecule has 1 atom stereocenters. The average Bonchev–Trinajstić information content (AvgIpc) is 2.47. The van der Waals surface area contributed by atoms with Gasteiger partial charge in [-0.05, 0) is 26.3 Å². The standard InChI is InChI=1S/C10H18N2S/c1-7(2)5-9(11-4)10-12-8(3)6-13-10/h6-7,9,11H,5H2,1-4H3.